The first kappa shape index (κ1) is 15.5. The van der Waals surface area contributed by atoms with Crippen LogP contribution in [0.25, 0.3) is 0 Å². The van der Waals surface area contributed by atoms with Crippen LogP contribution in [0.3, 0.4) is 0 Å². The number of carbonyl (C=O) groups excluding carboxylic acids is 2. The average Bonchev–Trinajstić information content (AvgIpc) is 2.54. The predicted molar refractivity (Wildman–Crippen MR) is 78.8 cm³/mol. The molecule has 2 amide bonds. The molecule has 2 N–H and O–H groups in total. The number of piperazine rings is 1. The molecule has 0 saturated carbocycles. The Bertz CT molecular complexity index is 484. The van der Waals surface area contributed by atoms with Gasteiger partial charge in [-0.25, -0.2) is 0 Å². The number of benzene rings is 1. The van der Waals surface area contributed by atoms with Crippen molar-refractivity contribution >= 4 is 11.8 Å². The van der Waals surface area contributed by atoms with Gasteiger partial charge in [-0.15, -0.1) is 0 Å². The lowest BCUT2D eigenvalue weighted by atomic mass is 10.1. The van der Waals surface area contributed by atoms with Gasteiger partial charge in [0.05, 0.1) is 6.61 Å². The Morgan fingerprint density at radius 3 is 2.29 bits per heavy atom. The third-order valence-electron chi connectivity index (χ3n) is 3.56. The van der Waals surface area contributed by atoms with Crippen molar-refractivity contribution in [1.82, 2.24) is 9.80 Å². The molecule has 1 aliphatic heterocycles. The van der Waals surface area contributed by atoms with Crippen LogP contribution >= 0.6 is 0 Å². The molecule has 2 rings (SSSR count). The quantitative estimate of drug-likeness (QED) is 0.843. The normalized spacial score (nSPS) is 16.7. The van der Waals surface area contributed by atoms with Gasteiger partial charge in [0.2, 0.25) is 5.91 Å². The summed E-state index contributed by atoms with van der Waals surface area (Å²) in [4.78, 5) is 27.8. The van der Waals surface area contributed by atoms with Crippen molar-refractivity contribution in [2.45, 2.75) is 6.04 Å². The van der Waals surface area contributed by atoms with E-state index in [4.69, 9.17) is 10.5 Å². The molecule has 114 valence electrons. The Labute approximate surface area is 124 Å². The maximum atomic E-state index is 12.3. The van der Waals surface area contributed by atoms with Crippen LogP contribution in [-0.4, -0.2) is 67.6 Å². The molecule has 0 spiro atoms. The molecule has 0 aliphatic carbocycles. The van der Waals surface area contributed by atoms with Crippen molar-refractivity contribution in [3.63, 3.8) is 0 Å². The van der Waals surface area contributed by atoms with Gasteiger partial charge in [0, 0.05) is 38.9 Å². The first-order valence-electron chi connectivity index (χ1n) is 7.01. The smallest absolute Gasteiger partial charge is 0.253 e. The maximum Gasteiger partial charge on any atom is 0.253 e. The van der Waals surface area contributed by atoms with Gasteiger partial charge >= 0.3 is 0 Å². The summed E-state index contributed by atoms with van der Waals surface area (Å²) < 4.78 is 4.90. The van der Waals surface area contributed by atoms with Crippen molar-refractivity contribution in [3.05, 3.63) is 35.9 Å². The summed E-state index contributed by atoms with van der Waals surface area (Å²) in [5.74, 6) is -0.118. The molecular weight excluding hydrogens is 270 g/mol. The van der Waals surface area contributed by atoms with E-state index in [0.29, 0.717) is 31.7 Å². The Hall–Kier alpha value is -1.92. The fraction of sp³-hybridized carbons (Fsp3) is 0.467. The minimum atomic E-state index is -0.633. The highest BCUT2D eigenvalue weighted by molar-refractivity contribution is 5.94. The van der Waals surface area contributed by atoms with Crippen molar-refractivity contribution < 1.29 is 14.3 Å². The van der Waals surface area contributed by atoms with Gasteiger partial charge in [-0.05, 0) is 12.1 Å². The van der Waals surface area contributed by atoms with Crippen LogP contribution in [0.15, 0.2) is 30.3 Å². The second-order valence-corrected chi connectivity index (χ2v) is 5.05. The van der Waals surface area contributed by atoms with E-state index in [0.717, 1.165) is 0 Å². The number of carbonyl (C=O) groups is 2. The second kappa shape index (κ2) is 7.19. The highest BCUT2D eigenvalue weighted by Gasteiger charge is 2.27. The summed E-state index contributed by atoms with van der Waals surface area (Å²) in [5, 5.41) is 0. The molecule has 1 aromatic carbocycles. The summed E-state index contributed by atoms with van der Waals surface area (Å²) in [6.07, 6.45) is 0. The number of amides is 2. The van der Waals surface area contributed by atoms with Crippen LogP contribution in [0.5, 0.6) is 0 Å². The van der Waals surface area contributed by atoms with Crippen LogP contribution in [0.4, 0.5) is 0 Å². The van der Waals surface area contributed by atoms with E-state index in [1.54, 1.807) is 21.9 Å². The van der Waals surface area contributed by atoms with Crippen molar-refractivity contribution in [2.24, 2.45) is 5.73 Å². The lowest BCUT2D eigenvalue weighted by Crippen LogP contribution is -2.55. The molecule has 1 aliphatic rings. The van der Waals surface area contributed by atoms with Gasteiger partial charge in [0.1, 0.15) is 6.04 Å². The number of rotatable bonds is 4. The number of hydrogen-bond acceptors (Lipinski definition) is 4. The minimum absolute atomic E-state index is 0.00360. The number of methoxy groups -OCH3 is 1. The zero-order valence-corrected chi connectivity index (χ0v) is 12.2. The molecule has 6 heteroatoms. The largest absolute Gasteiger partial charge is 0.383 e. The number of nitrogens with zero attached hydrogens (tertiary/aromatic N) is 2. The van der Waals surface area contributed by atoms with E-state index >= 15 is 0 Å². The monoisotopic (exact) mass is 291 g/mol. The molecule has 1 aromatic rings. The van der Waals surface area contributed by atoms with Gasteiger partial charge in [-0.1, -0.05) is 18.2 Å². The Kier molecular flexibility index (Phi) is 5.30. The van der Waals surface area contributed by atoms with Crippen LogP contribution in [0.1, 0.15) is 10.4 Å². The Morgan fingerprint density at radius 2 is 1.71 bits per heavy atom. The Morgan fingerprint density at radius 1 is 1.14 bits per heavy atom. The summed E-state index contributed by atoms with van der Waals surface area (Å²) in [7, 11) is 1.52. The first-order valence-corrected chi connectivity index (χ1v) is 7.01. The standard InChI is InChI=1S/C15H21N3O3/c1-21-11-13(16)15(20)18-9-7-17(8-10-18)14(19)12-5-3-2-4-6-12/h2-6,13H,7-11,16H2,1H3. The third kappa shape index (κ3) is 3.80. The van der Waals surface area contributed by atoms with Crippen LogP contribution < -0.4 is 5.73 Å². The van der Waals surface area contributed by atoms with Gasteiger partial charge in [0.25, 0.3) is 5.91 Å². The van der Waals surface area contributed by atoms with E-state index in [-0.39, 0.29) is 18.4 Å². The van der Waals surface area contributed by atoms with Crippen LogP contribution in [-0.2, 0) is 9.53 Å². The lowest BCUT2D eigenvalue weighted by molar-refractivity contribution is -0.135. The number of hydrogen-bond donors (Lipinski definition) is 1. The van der Waals surface area contributed by atoms with Crippen molar-refractivity contribution in [2.75, 3.05) is 39.9 Å². The zero-order valence-electron chi connectivity index (χ0n) is 12.2. The lowest BCUT2D eigenvalue weighted by Gasteiger charge is -2.35. The van der Waals surface area contributed by atoms with E-state index in [9.17, 15) is 9.59 Å². The average molecular weight is 291 g/mol. The molecule has 1 saturated heterocycles. The van der Waals surface area contributed by atoms with Crippen LogP contribution in [0.2, 0.25) is 0 Å². The molecule has 1 unspecified atom stereocenters. The van der Waals surface area contributed by atoms with Gasteiger partial charge in [0.15, 0.2) is 0 Å². The molecule has 1 fully saturated rings. The van der Waals surface area contributed by atoms with E-state index < -0.39 is 6.04 Å². The van der Waals surface area contributed by atoms with E-state index in [2.05, 4.69) is 0 Å². The fourth-order valence-corrected chi connectivity index (χ4v) is 2.38. The second-order valence-electron chi connectivity index (χ2n) is 5.05. The summed E-state index contributed by atoms with van der Waals surface area (Å²) in [5.41, 5.74) is 6.42. The highest BCUT2D eigenvalue weighted by atomic mass is 16.5. The van der Waals surface area contributed by atoms with E-state index in [1.165, 1.54) is 7.11 Å². The molecule has 0 radical (unpaired) electrons. The molecule has 1 heterocycles. The molecule has 21 heavy (non-hydrogen) atoms. The maximum absolute atomic E-state index is 12.3. The van der Waals surface area contributed by atoms with Gasteiger partial charge in [-0.2, -0.15) is 0 Å². The molecule has 0 aromatic heterocycles. The van der Waals surface area contributed by atoms with Crippen molar-refractivity contribution in [1.29, 1.82) is 0 Å². The summed E-state index contributed by atoms with van der Waals surface area (Å²) >= 11 is 0. The minimum Gasteiger partial charge on any atom is -0.383 e. The molecular formula is C15H21N3O3. The zero-order chi connectivity index (χ0) is 15.2. The van der Waals surface area contributed by atoms with Gasteiger partial charge in [-0.3, -0.25) is 9.59 Å². The van der Waals surface area contributed by atoms with Crippen LogP contribution in [0, 0.1) is 0 Å². The summed E-state index contributed by atoms with van der Waals surface area (Å²) in [6.45, 7) is 2.28. The highest BCUT2D eigenvalue weighted by Crippen LogP contribution is 2.09. The SMILES string of the molecule is COCC(N)C(=O)N1CCN(C(=O)c2ccccc2)CC1. The first-order chi connectivity index (χ1) is 10.1. The number of ether oxygens (including phenoxy) is 1. The predicted octanol–water partition coefficient (Wildman–Crippen LogP) is -0.0553. The molecule has 6 nitrogen and oxygen atoms in total. The molecule has 1 atom stereocenters. The molecule has 0 bridgehead atoms. The Balaban J connectivity index is 1.89. The van der Waals surface area contributed by atoms with Crippen molar-refractivity contribution in [3.8, 4) is 0 Å². The van der Waals surface area contributed by atoms with Gasteiger partial charge < -0.3 is 20.3 Å². The van der Waals surface area contributed by atoms with E-state index in [1.807, 2.05) is 18.2 Å². The third-order valence-corrected chi connectivity index (χ3v) is 3.56. The fourth-order valence-electron chi connectivity index (χ4n) is 2.38. The topological polar surface area (TPSA) is 75.9 Å². The number of nitrogens with two attached hydrogens (primary N) is 1. The summed E-state index contributed by atoms with van der Waals surface area (Å²) in [6, 6.07) is 8.53.